The molecular formula is C20H25BN2. The molecule has 0 spiro atoms. The molecule has 1 aliphatic rings. The van der Waals surface area contributed by atoms with Crippen LogP contribution in [0.25, 0.3) is 0 Å². The van der Waals surface area contributed by atoms with Crippen LogP contribution in [0, 0.1) is 0 Å². The molecule has 3 rings (SSSR count). The summed E-state index contributed by atoms with van der Waals surface area (Å²) in [6.45, 7) is 7.17. The second-order valence-electron chi connectivity index (χ2n) is 7.06. The Kier molecular flexibility index (Phi) is 4.47. The van der Waals surface area contributed by atoms with Crippen LogP contribution in [-0.2, 0) is 0 Å². The average molecular weight is 304 g/mol. The summed E-state index contributed by atoms with van der Waals surface area (Å²) >= 11 is 0. The fourth-order valence-electron chi connectivity index (χ4n) is 3.27. The van der Waals surface area contributed by atoms with Gasteiger partial charge in [0.25, 0.3) is 0 Å². The second kappa shape index (κ2) is 6.53. The Morgan fingerprint density at radius 1 is 0.870 bits per heavy atom. The quantitative estimate of drug-likeness (QED) is 0.707. The van der Waals surface area contributed by atoms with E-state index in [1.54, 1.807) is 0 Å². The summed E-state index contributed by atoms with van der Waals surface area (Å²) < 4.78 is 0. The van der Waals surface area contributed by atoms with Crippen molar-refractivity contribution in [1.29, 1.82) is 0 Å². The van der Waals surface area contributed by atoms with Gasteiger partial charge in [0.2, 0.25) is 0 Å². The maximum absolute atomic E-state index is 2.48. The van der Waals surface area contributed by atoms with Crippen molar-refractivity contribution >= 4 is 18.4 Å². The van der Waals surface area contributed by atoms with Crippen molar-refractivity contribution in [3.05, 3.63) is 72.9 Å². The van der Waals surface area contributed by atoms with Gasteiger partial charge in [-0.15, -0.1) is 0 Å². The minimum Gasteiger partial charge on any atom is -0.397 e. The molecule has 0 aromatic heterocycles. The van der Waals surface area contributed by atoms with Crippen LogP contribution in [0.3, 0.4) is 0 Å². The number of hydrogen-bond acceptors (Lipinski definition) is 2. The Balaban J connectivity index is 2.06. The van der Waals surface area contributed by atoms with Gasteiger partial charge in [-0.25, -0.2) is 0 Å². The molecule has 2 aromatic rings. The third-order valence-electron chi connectivity index (χ3n) is 4.32. The van der Waals surface area contributed by atoms with E-state index in [1.807, 2.05) is 0 Å². The highest BCUT2D eigenvalue weighted by atomic mass is 15.2. The molecule has 0 fully saturated rings. The number of anilines is 2. The van der Waals surface area contributed by atoms with Crippen molar-refractivity contribution < 1.29 is 0 Å². The Morgan fingerprint density at radius 3 is 1.87 bits per heavy atom. The predicted octanol–water partition coefficient (Wildman–Crippen LogP) is 5.33. The molecule has 1 heterocycles. The highest BCUT2D eigenvalue weighted by Crippen LogP contribution is 2.33. The zero-order valence-electron chi connectivity index (χ0n) is 14.3. The molecule has 0 unspecified atom stereocenters. The Morgan fingerprint density at radius 2 is 1.39 bits per heavy atom. The van der Waals surface area contributed by atoms with E-state index in [0.29, 0.717) is 6.98 Å². The summed E-state index contributed by atoms with van der Waals surface area (Å²) in [5, 5.41) is 0. The van der Waals surface area contributed by atoms with Crippen molar-refractivity contribution in [3.63, 3.8) is 0 Å². The molecule has 23 heavy (non-hydrogen) atoms. The van der Waals surface area contributed by atoms with E-state index in [-0.39, 0.29) is 5.54 Å². The van der Waals surface area contributed by atoms with E-state index in [1.165, 1.54) is 11.4 Å². The highest BCUT2D eigenvalue weighted by molar-refractivity contribution is 6.63. The van der Waals surface area contributed by atoms with Gasteiger partial charge in [0.05, 0.1) is 0 Å². The molecule has 0 atom stereocenters. The average Bonchev–Trinajstić information content (AvgIpc) is 2.57. The minimum atomic E-state index is 0.0867. The van der Waals surface area contributed by atoms with Crippen LogP contribution in [0.5, 0.6) is 0 Å². The van der Waals surface area contributed by atoms with Crippen LogP contribution >= 0.6 is 0 Å². The van der Waals surface area contributed by atoms with Crippen molar-refractivity contribution in [3.8, 4) is 0 Å². The number of para-hydroxylation sites is 2. The van der Waals surface area contributed by atoms with E-state index in [9.17, 15) is 0 Å². The Bertz CT molecular complexity index is 607. The first-order valence-electron chi connectivity index (χ1n) is 8.42. The lowest BCUT2D eigenvalue weighted by Crippen LogP contribution is -2.56. The van der Waals surface area contributed by atoms with Gasteiger partial charge in [-0.2, -0.15) is 0 Å². The minimum absolute atomic E-state index is 0.0867. The topological polar surface area (TPSA) is 6.48 Å². The van der Waals surface area contributed by atoms with Crippen LogP contribution in [-0.4, -0.2) is 17.3 Å². The summed E-state index contributed by atoms with van der Waals surface area (Å²) in [6.07, 6.45) is 6.80. The molecule has 0 radical (unpaired) electrons. The number of allylic oxidation sites excluding steroid dienone is 1. The van der Waals surface area contributed by atoms with E-state index < -0.39 is 0 Å². The first-order chi connectivity index (χ1) is 11.1. The Labute approximate surface area is 140 Å². The summed E-state index contributed by atoms with van der Waals surface area (Å²) in [5.41, 5.74) is 2.57. The molecule has 0 saturated carbocycles. The zero-order chi connectivity index (χ0) is 16.3. The van der Waals surface area contributed by atoms with Gasteiger partial charge in [-0.05, 0) is 64.0 Å². The van der Waals surface area contributed by atoms with Crippen molar-refractivity contribution in [2.24, 2.45) is 0 Å². The normalized spacial score (nSPS) is 14.9. The van der Waals surface area contributed by atoms with E-state index in [0.717, 1.165) is 12.7 Å². The van der Waals surface area contributed by atoms with Gasteiger partial charge < -0.3 is 9.62 Å². The number of hydrogen-bond donors (Lipinski definition) is 0. The number of rotatable bonds is 3. The van der Waals surface area contributed by atoms with E-state index in [2.05, 4.69) is 103 Å². The zero-order valence-corrected chi connectivity index (χ0v) is 14.3. The van der Waals surface area contributed by atoms with Gasteiger partial charge >= 0.3 is 6.98 Å². The summed E-state index contributed by atoms with van der Waals surface area (Å²) in [5.74, 6) is 0. The van der Waals surface area contributed by atoms with Crippen molar-refractivity contribution in [2.45, 2.75) is 39.1 Å². The van der Waals surface area contributed by atoms with E-state index in [4.69, 9.17) is 0 Å². The predicted molar refractivity (Wildman–Crippen MR) is 101 cm³/mol. The fourth-order valence-corrected chi connectivity index (χ4v) is 3.27. The lowest BCUT2D eigenvalue weighted by Gasteiger charge is -2.46. The van der Waals surface area contributed by atoms with Gasteiger partial charge in [-0.3, -0.25) is 0 Å². The van der Waals surface area contributed by atoms with Crippen LogP contribution in [0.4, 0.5) is 11.4 Å². The molecule has 2 aromatic carbocycles. The maximum Gasteiger partial charge on any atom is 0.380 e. The summed E-state index contributed by atoms with van der Waals surface area (Å²) in [6, 6.07) is 21.4. The van der Waals surface area contributed by atoms with Crippen LogP contribution in [0.1, 0.15) is 27.2 Å². The molecule has 0 saturated heterocycles. The number of nitrogens with zero attached hydrogens (tertiary/aromatic N) is 2. The second-order valence-corrected chi connectivity index (χ2v) is 7.06. The molecule has 2 nitrogen and oxygen atoms in total. The van der Waals surface area contributed by atoms with Gasteiger partial charge in [-0.1, -0.05) is 42.5 Å². The van der Waals surface area contributed by atoms with Crippen molar-refractivity contribution in [2.75, 3.05) is 4.81 Å². The fraction of sp³-hybridized carbons (Fsp3) is 0.300. The van der Waals surface area contributed by atoms with Crippen LogP contribution < -0.4 is 4.81 Å². The van der Waals surface area contributed by atoms with E-state index >= 15 is 0 Å². The standard InChI is InChI=1S/C20H25BN2/c1-20(2,3)22-17-11-10-16-21(22)23(18-12-6-4-7-13-18)19-14-8-5-9-15-19/h4-9,11-15,17H,10,16H2,1-3H3. The third-order valence-corrected chi connectivity index (χ3v) is 4.32. The molecule has 0 bridgehead atoms. The molecule has 3 heteroatoms. The molecular weight excluding hydrogens is 279 g/mol. The lowest BCUT2D eigenvalue weighted by molar-refractivity contribution is 0.315. The molecule has 0 aliphatic carbocycles. The lowest BCUT2D eigenvalue weighted by atomic mass is 9.62. The van der Waals surface area contributed by atoms with Gasteiger partial charge in [0.15, 0.2) is 0 Å². The summed E-state index contributed by atoms with van der Waals surface area (Å²) in [4.78, 5) is 4.95. The molecule has 1 aliphatic heterocycles. The molecule has 0 amide bonds. The smallest absolute Gasteiger partial charge is 0.380 e. The molecule has 0 N–H and O–H groups in total. The van der Waals surface area contributed by atoms with Crippen LogP contribution in [0.2, 0.25) is 6.32 Å². The van der Waals surface area contributed by atoms with Crippen LogP contribution in [0.15, 0.2) is 72.9 Å². The first-order valence-corrected chi connectivity index (χ1v) is 8.42. The largest absolute Gasteiger partial charge is 0.397 e. The monoisotopic (exact) mass is 304 g/mol. The first kappa shape index (κ1) is 15.7. The Hall–Kier alpha value is -2.16. The highest BCUT2D eigenvalue weighted by Gasteiger charge is 2.37. The maximum atomic E-state index is 2.48. The summed E-state index contributed by atoms with van der Waals surface area (Å²) in [7, 11) is 0. The number of benzene rings is 2. The van der Waals surface area contributed by atoms with Gasteiger partial charge in [0.1, 0.15) is 0 Å². The van der Waals surface area contributed by atoms with Crippen molar-refractivity contribution in [1.82, 2.24) is 4.81 Å². The third kappa shape index (κ3) is 3.44. The molecule has 118 valence electrons. The SMILES string of the molecule is CC(C)(C)N1C=CCCB1N(c1ccccc1)c1ccccc1. The van der Waals surface area contributed by atoms with Gasteiger partial charge in [0, 0.05) is 16.9 Å².